The lowest BCUT2D eigenvalue weighted by Gasteiger charge is -2.37. The van der Waals surface area contributed by atoms with Crippen LogP contribution in [0.15, 0.2) is 48.5 Å². The van der Waals surface area contributed by atoms with Gasteiger partial charge in [-0.2, -0.15) is 0 Å². The van der Waals surface area contributed by atoms with E-state index in [-0.39, 0.29) is 24.2 Å². The molecule has 1 aliphatic heterocycles. The van der Waals surface area contributed by atoms with Crippen LogP contribution < -0.4 is 9.80 Å². The summed E-state index contributed by atoms with van der Waals surface area (Å²) in [5, 5.41) is 0.513. The molecule has 0 N–H and O–H groups in total. The highest BCUT2D eigenvalue weighted by molar-refractivity contribution is 6.30. The van der Waals surface area contributed by atoms with Crippen molar-refractivity contribution in [2.75, 3.05) is 42.5 Å². The Kier molecular flexibility index (Phi) is 5.96. The maximum atomic E-state index is 13.1. The minimum Gasteiger partial charge on any atom is -0.368 e. The Balaban J connectivity index is 1.61. The van der Waals surface area contributed by atoms with Gasteiger partial charge in [0.05, 0.1) is 0 Å². The molecule has 0 aromatic heterocycles. The topological polar surface area (TPSA) is 43.9 Å². The maximum Gasteiger partial charge on any atom is 0.242 e. The molecule has 1 aliphatic rings. The second kappa shape index (κ2) is 8.39. The van der Waals surface area contributed by atoms with Crippen LogP contribution in [0, 0.1) is 5.82 Å². The van der Waals surface area contributed by atoms with Crippen molar-refractivity contribution in [2.24, 2.45) is 0 Å². The number of piperazine rings is 1. The zero-order chi connectivity index (χ0) is 19.4. The largest absolute Gasteiger partial charge is 0.368 e. The summed E-state index contributed by atoms with van der Waals surface area (Å²) in [5.74, 6) is -0.586. The smallest absolute Gasteiger partial charge is 0.242 e. The second-order valence-electron chi connectivity index (χ2n) is 6.43. The number of carbonyl (C=O) groups is 2. The number of rotatable bonds is 4. The highest BCUT2D eigenvalue weighted by atomic mass is 35.5. The lowest BCUT2D eigenvalue weighted by molar-refractivity contribution is -0.131. The van der Waals surface area contributed by atoms with E-state index in [2.05, 4.69) is 4.90 Å². The van der Waals surface area contributed by atoms with Gasteiger partial charge in [0.1, 0.15) is 12.4 Å². The van der Waals surface area contributed by atoms with Gasteiger partial charge >= 0.3 is 0 Å². The number of hydrogen-bond donors (Lipinski definition) is 0. The molecule has 1 fully saturated rings. The standard InChI is InChI=1S/C20H21ClFN3O2/c1-15(26)25(19-4-2-3-16(21)13-19)14-20(27)24-11-9-23(10-12-24)18-7-5-17(22)6-8-18/h2-8,13H,9-12,14H2,1H3. The molecule has 2 amide bonds. The Hall–Kier alpha value is -2.60. The molecular formula is C20H21ClFN3O2. The van der Waals surface area contributed by atoms with Gasteiger partial charge in [-0.1, -0.05) is 17.7 Å². The molecular weight excluding hydrogens is 369 g/mol. The number of amides is 2. The molecule has 5 nitrogen and oxygen atoms in total. The van der Waals surface area contributed by atoms with Crippen molar-refractivity contribution < 1.29 is 14.0 Å². The summed E-state index contributed by atoms with van der Waals surface area (Å²) < 4.78 is 13.1. The molecule has 0 unspecified atom stereocenters. The Morgan fingerprint density at radius 2 is 1.74 bits per heavy atom. The Labute approximate surface area is 162 Å². The summed E-state index contributed by atoms with van der Waals surface area (Å²) in [5.41, 5.74) is 1.54. The first kappa shape index (κ1) is 19.2. The summed E-state index contributed by atoms with van der Waals surface area (Å²) in [6.45, 7) is 3.84. The number of carbonyl (C=O) groups excluding carboxylic acids is 2. The quantitative estimate of drug-likeness (QED) is 0.806. The van der Waals surface area contributed by atoms with Gasteiger partial charge in [-0.15, -0.1) is 0 Å². The molecule has 2 aromatic carbocycles. The third-order valence-electron chi connectivity index (χ3n) is 4.62. The van der Waals surface area contributed by atoms with Crippen molar-refractivity contribution in [3.63, 3.8) is 0 Å². The normalized spacial score (nSPS) is 14.2. The van der Waals surface area contributed by atoms with Crippen LogP contribution in [0.2, 0.25) is 5.02 Å². The molecule has 142 valence electrons. The third-order valence-corrected chi connectivity index (χ3v) is 4.85. The van der Waals surface area contributed by atoms with Gasteiger partial charge in [0.25, 0.3) is 0 Å². The fraction of sp³-hybridized carbons (Fsp3) is 0.300. The van der Waals surface area contributed by atoms with Crippen LogP contribution >= 0.6 is 11.6 Å². The average Bonchev–Trinajstić information content (AvgIpc) is 2.66. The Morgan fingerprint density at radius 1 is 1.07 bits per heavy atom. The SMILES string of the molecule is CC(=O)N(CC(=O)N1CCN(c2ccc(F)cc2)CC1)c1cccc(Cl)c1. The molecule has 0 aliphatic carbocycles. The molecule has 0 saturated carbocycles. The fourth-order valence-corrected chi connectivity index (χ4v) is 3.31. The molecule has 7 heteroatoms. The number of nitrogens with zero attached hydrogens (tertiary/aromatic N) is 3. The van der Waals surface area contributed by atoms with Crippen LogP contribution in [0.1, 0.15) is 6.92 Å². The van der Waals surface area contributed by atoms with E-state index in [4.69, 9.17) is 11.6 Å². The van der Waals surface area contributed by atoms with Crippen molar-refractivity contribution in [3.05, 3.63) is 59.4 Å². The van der Waals surface area contributed by atoms with E-state index in [1.807, 2.05) is 0 Å². The molecule has 1 saturated heterocycles. The minimum atomic E-state index is -0.266. The van der Waals surface area contributed by atoms with Crippen LogP contribution in [0.4, 0.5) is 15.8 Å². The number of hydrogen-bond acceptors (Lipinski definition) is 3. The van der Waals surface area contributed by atoms with Crippen molar-refractivity contribution in [2.45, 2.75) is 6.92 Å². The van der Waals surface area contributed by atoms with E-state index in [1.54, 1.807) is 41.3 Å². The van der Waals surface area contributed by atoms with E-state index in [9.17, 15) is 14.0 Å². The van der Waals surface area contributed by atoms with Crippen molar-refractivity contribution in [1.29, 1.82) is 0 Å². The zero-order valence-corrected chi connectivity index (χ0v) is 15.8. The molecule has 0 spiro atoms. The molecule has 2 aromatic rings. The highest BCUT2D eigenvalue weighted by Crippen LogP contribution is 2.21. The molecule has 0 atom stereocenters. The first-order valence-corrected chi connectivity index (χ1v) is 9.14. The summed E-state index contributed by atoms with van der Waals surface area (Å²) in [4.78, 5) is 30.0. The summed E-state index contributed by atoms with van der Waals surface area (Å²) in [7, 11) is 0. The second-order valence-corrected chi connectivity index (χ2v) is 6.87. The van der Waals surface area contributed by atoms with Crippen LogP contribution in [0.3, 0.4) is 0 Å². The maximum absolute atomic E-state index is 13.1. The lowest BCUT2D eigenvalue weighted by atomic mass is 10.2. The predicted molar refractivity (Wildman–Crippen MR) is 105 cm³/mol. The predicted octanol–water partition coefficient (Wildman–Crippen LogP) is 3.18. The average molecular weight is 390 g/mol. The van der Waals surface area contributed by atoms with Crippen LogP contribution in [-0.4, -0.2) is 49.4 Å². The molecule has 0 bridgehead atoms. The fourth-order valence-electron chi connectivity index (χ4n) is 3.13. The van der Waals surface area contributed by atoms with Gasteiger partial charge < -0.3 is 14.7 Å². The van der Waals surface area contributed by atoms with E-state index in [1.165, 1.54) is 24.0 Å². The van der Waals surface area contributed by atoms with Crippen molar-refractivity contribution in [1.82, 2.24) is 4.90 Å². The Bertz CT molecular complexity index is 820. The van der Waals surface area contributed by atoms with Crippen LogP contribution in [0.5, 0.6) is 0 Å². The summed E-state index contributed by atoms with van der Waals surface area (Å²) >= 11 is 6.00. The number of halogens is 2. The van der Waals surface area contributed by atoms with E-state index < -0.39 is 0 Å². The van der Waals surface area contributed by atoms with Crippen molar-refractivity contribution >= 4 is 34.8 Å². The molecule has 3 rings (SSSR count). The third kappa shape index (κ3) is 4.77. The van der Waals surface area contributed by atoms with Gasteiger partial charge in [-0.3, -0.25) is 9.59 Å². The van der Waals surface area contributed by atoms with Gasteiger partial charge in [0, 0.05) is 49.5 Å². The molecule has 27 heavy (non-hydrogen) atoms. The molecule has 0 radical (unpaired) electrons. The first-order chi connectivity index (χ1) is 12.9. The highest BCUT2D eigenvalue weighted by Gasteiger charge is 2.24. The van der Waals surface area contributed by atoms with Gasteiger partial charge in [0.15, 0.2) is 0 Å². The van der Waals surface area contributed by atoms with E-state index >= 15 is 0 Å². The van der Waals surface area contributed by atoms with Gasteiger partial charge in [0.2, 0.25) is 11.8 Å². The van der Waals surface area contributed by atoms with Gasteiger partial charge in [-0.05, 0) is 42.5 Å². The van der Waals surface area contributed by atoms with Crippen LogP contribution in [-0.2, 0) is 9.59 Å². The summed E-state index contributed by atoms with van der Waals surface area (Å²) in [6, 6.07) is 13.2. The molecule has 1 heterocycles. The van der Waals surface area contributed by atoms with Gasteiger partial charge in [-0.25, -0.2) is 4.39 Å². The summed E-state index contributed by atoms with van der Waals surface area (Å²) in [6.07, 6.45) is 0. The lowest BCUT2D eigenvalue weighted by Crippen LogP contribution is -2.51. The van der Waals surface area contributed by atoms with E-state index in [0.29, 0.717) is 36.9 Å². The number of anilines is 2. The monoisotopic (exact) mass is 389 g/mol. The Morgan fingerprint density at radius 3 is 2.33 bits per heavy atom. The number of benzene rings is 2. The van der Waals surface area contributed by atoms with Crippen molar-refractivity contribution in [3.8, 4) is 0 Å². The van der Waals surface area contributed by atoms with E-state index in [0.717, 1.165) is 5.69 Å². The zero-order valence-electron chi connectivity index (χ0n) is 15.1. The first-order valence-electron chi connectivity index (χ1n) is 8.76. The minimum absolute atomic E-state index is 0.0216. The van der Waals surface area contributed by atoms with Crippen LogP contribution in [0.25, 0.3) is 0 Å².